The molecule has 0 aliphatic rings. The zero-order valence-corrected chi connectivity index (χ0v) is 43.9. The SMILES string of the molecule is CCOC(=O)c1cc(NC(=O)c2nc(NC(=O)CCNC(=O)c3cc(NC(=O)c4nccn4C)cn3C)cn2C)cn1CCCCCN(CCOCCOCCOCCOC)CCOCCOCCOCCOC. The normalized spacial score (nSPS) is 11.3. The Balaban J connectivity index is 1.21. The van der Waals surface area contributed by atoms with E-state index in [1.165, 1.54) is 23.0 Å². The van der Waals surface area contributed by atoms with Crippen LogP contribution < -0.4 is 21.3 Å². The van der Waals surface area contributed by atoms with E-state index in [1.54, 1.807) is 80.6 Å². The molecule has 25 nitrogen and oxygen atoms in total. The summed E-state index contributed by atoms with van der Waals surface area (Å²) in [5.41, 5.74) is 1.34. The average molecular weight is 1040 g/mol. The summed E-state index contributed by atoms with van der Waals surface area (Å²) in [5, 5.41) is 10.9. The topological polar surface area (TPSA) is 265 Å². The molecule has 4 aromatic heterocycles. The minimum Gasteiger partial charge on any atom is -0.461 e. The number of rotatable bonds is 41. The minimum atomic E-state index is -0.564. The van der Waals surface area contributed by atoms with Crippen molar-refractivity contribution in [1.29, 1.82) is 0 Å². The summed E-state index contributed by atoms with van der Waals surface area (Å²) in [6.45, 7) is 11.7. The molecule has 25 heteroatoms. The van der Waals surface area contributed by atoms with E-state index in [2.05, 4.69) is 36.1 Å². The summed E-state index contributed by atoms with van der Waals surface area (Å²) in [5.74, 6) is -2.04. The number of aromatic nitrogens is 6. The van der Waals surface area contributed by atoms with Crippen LogP contribution in [-0.2, 0) is 75.1 Å². The van der Waals surface area contributed by atoms with E-state index in [9.17, 15) is 24.0 Å². The number of amides is 4. The number of hydrogen-bond donors (Lipinski definition) is 4. The van der Waals surface area contributed by atoms with Gasteiger partial charge in [0.1, 0.15) is 11.4 Å². The van der Waals surface area contributed by atoms with Gasteiger partial charge in [0.05, 0.1) is 110 Å². The lowest BCUT2D eigenvalue weighted by atomic mass is 10.2. The van der Waals surface area contributed by atoms with Crippen molar-refractivity contribution >= 4 is 46.8 Å². The zero-order valence-electron chi connectivity index (χ0n) is 43.9. The summed E-state index contributed by atoms with van der Waals surface area (Å²) in [7, 11) is 8.24. The first-order valence-corrected chi connectivity index (χ1v) is 24.9. The summed E-state index contributed by atoms with van der Waals surface area (Å²) in [6.07, 6.45) is 10.3. The minimum absolute atomic E-state index is 0.00398. The van der Waals surface area contributed by atoms with Crippen molar-refractivity contribution in [2.24, 2.45) is 21.1 Å². The Bertz CT molecular complexity index is 2250. The number of hydrogen-bond acceptors (Lipinski definition) is 17. The summed E-state index contributed by atoms with van der Waals surface area (Å²) in [4.78, 5) is 75.5. The molecule has 4 heterocycles. The van der Waals surface area contributed by atoms with Crippen LogP contribution >= 0.6 is 0 Å². The van der Waals surface area contributed by atoms with Crippen LogP contribution in [0.5, 0.6) is 0 Å². The maximum atomic E-state index is 13.5. The third kappa shape index (κ3) is 22.6. The van der Waals surface area contributed by atoms with Gasteiger partial charge >= 0.3 is 5.97 Å². The Morgan fingerprint density at radius 2 is 1.14 bits per heavy atom. The van der Waals surface area contributed by atoms with Crippen molar-refractivity contribution in [2.75, 3.05) is 155 Å². The van der Waals surface area contributed by atoms with E-state index in [4.69, 9.17) is 42.6 Å². The molecule has 0 aromatic carbocycles. The number of ether oxygens (including phenoxy) is 9. The van der Waals surface area contributed by atoms with Gasteiger partial charge in [-0.2, -0.15) is 0 Å². The third-order valence-electron chi connectivity index (χ3n) is 11.0. The lowest BCUT2D eigenvalue weighted by Gasteiger charge is -2.22. The van der Waals surface area contributed by atoms with Gasteiger partial charge in [-0.1, -0.05) is 6.42 Å². The number of unbranched alkanes of at least 4 members (excludes halogenated alkanes) is 2. The Morgan fingerprint density at radius 1 is 0.581 bits per heavy atom. The molecule has 4 amide bonds. The number of esters is 1. The van der Waals surface area contributed by atoms with E-state index in [0.29, 0.717) is 129 Å². The van der Waals surface area contributed by atoms with Crippen molar-refractivity contribution in [3.8, 4) is 0 Å². The van der Waals surface area contributed by atoms with E-state index in [1.807, 2.05) is 0 Å². The maximum absolute atomic E-state index is 13.5. The first-order chi connectivity index (χ1) is 35.9. The van der Waals surface area contributed by atoms with Gasteiger partial charge in [-0.3, -0.25) is 24.1 Å². The molecule has 0 saturated heterocycles. The molecule has 0 radical (unpaired) electrons. The van der Waals surface area contributed by atoms with Crippen LogP contribution in [0.15, 0.2) is 43.1 Å². The second-order valence-corrected chi connectivity index (χ2v) is 16.7. The highest BCUT2D eigenvalue weighted by molar-refractivity contribution is 6.04. The Hall–Kier alpha value is -6.03. The number of carbonyl (C=O) groups excluding carboxylic acids is 5. The van der Waals surface area contributed by atoms with Crippen LogP contribution in [0.3, 0.4) is 0 Å². The molecule has 0 bridgehead atoms. The van der Waals surface area contributed by atoms with Crippen molar-refractivity contribution in [1.82, 2.24) is 38.5 Å². The highest BCUT2D eigenvalue weighted by atomic mass is 16.6. The monoisotopic (exact) mass is 1040 g/mol. The Labute approximate surface area is 432 Å². The Kier molecular flexibility index (Phi) is 28.8. The van der Waals surface area contributed by atoms with Gasteiger partial charge < -0.3 is 82.2 Å². The van der Waals surface area contributed by atoms with Crippen LogP contribution in [0.25, 0.3) is 0 Å². The van der Waals surface area contributed by atoms with Gasteiger partial charge in [-0.15, -0.1) is 0 Å². The smallest absolute Gasteiger partial charge is 0.355 e. The molecule has 74 heavy (non-hydrogen) atoms. The average Bonchev–Trinajstić information content (AvgIpc) is 4.17. The molecule has 4 aromatic rings. The van der Waals surface area contributed by atoms with Gasteiger partial charge in [0.25, 0.3) is 17.7 Å². The number of imidazole rings is 2. The third-order valence-corrected chi connectivity index (χ3v) is 11.0. The lowest BCUT2D eigenvalue weighted by Crippen LogP contribution is -2.32. The number of carbonyl (C=O) groups is 5. The fraction of sp³-hybridized carbons (Fsp3) is 0.612. The molecule has 0 atom stereocenters. The van der Waals surface area contributed by atoms with Gasteiger partial charge in [-0.25, -0.2) is 14.8 Å². The number of nitrogens with one attached hydrogen (secondary N) is 4. The fourth-order valence-electron chi connectivity index (χ4n) is 7.16. The van der Waals surface area contributed by atoms with Crippen LogP contribution in [0.2, 0.25) is 0 Å². The predicted molar refractivity (Wildman–Crippen MR) is 273 cm³/mol. The number of nitrogens with zero attached hydrogens (tertiary/aromatic N) is 7. The highest BCUT2D eigenvalue weighted by Gasteiger charge is 2.21. The predicted octanol–water partition coefficient (Wildman–Crippen LogP) is 2.60. The maximum Gasteiger partial charge on any atom is 0.355 e. The molecule has 0 unspecified atom stereocenters. The van der Waals surface area contributed by atoms with E-state index >= 15 is 0 Å². The largest absolute Gasteiger partial charge is 0.461 e. The number of methoxy groups -OCH3 is 2. The van der Waals surface area contributed by atoms with E-state index in [-0.39, 0.29) is 42.7 Å². The second kappa shape index (κ2) is 35.2. The van der Waals surface area contributed by atoms with Crippen molar-refractivity contribution < 1.29 is 66.6 Å². The number of anilines is 3. The molecule has 0 saturated carbocycles. The lowest BCUT2D eigenvalue weighted by molar-refractivity contribution is -0.116. The summed E-state index contributed by atoms with van der Waals surface area (Å²) < 4.78 is 55.4. The summed E-state index contributed by atoms with van der Waals surface area (Å²) in [6, 6.07) is 3.09. The molecule has 0 spiro atoms. The molecular weight excluding hydrogens is 967 g/mol. The molecule has 0 aliphatic heterocycles. The van der Waals surface area contributed by atoms with Crippen molar-refractivity contribution in [2.45, 2.75) is 39.2 Å². The van der Waals surface area contributed by atoms with E-state index < -0.39 is 29.6 Å². The summed E-state index contributed by atoms with van der Waals surface area (Å²) >= 11 is 0. The Morgan fingerprint density at radius 3 is 1.70 bits per heavy atom. The van der Waals surface area contributed by atoms with Crippen LogP contribution in [0.1, 0.15) is 74.8 Å². The van der Waals surface area contributed by atoms with E-state index in [0.717, 1.165) is 25.8 Å². The quantitative estimate of drug-likeness (QED) is 0.0368. The number of aryl methyl sites for hydroxylation is 4. The standard InChI is InChI=1S/C49H77N11O14/c1-7-74-49(65)41-34-39(36-60(41)15-10-8-9-14-59(17-19-68-25-27-72-31-29-70-23-21-66-5)18-20-69-26-28-73-32-30-71-24-22-67-6)53-48(64)45-55-42(37-58(45)4)54-43(61)11-12-51-46(62)40-33-38(35-57(40)3)52-47(63)44-50-13-16-56(44)2/h13,16,33-37H,7-12,14-15,17-32H2,1-6H3,(H,51,62)(H,52,63)(H,53,64)(H,54,61). The van der Waals surface area contributed by atoms with Crippen molar-refractivity contribution in [3.05, 3.63) is 66.2 Å². The molecule has 0 aliphatic carbocycles. The fourth-order valence-corrected chi connectivity index (χ4v) is 7.16. The molecule has 4 N–H and O–H groups in total. The molecule has 412 valence electrons. The zero-order chi connectivity index (χ0) is 53.3. The highest BCUT2D eigenvalue weighted by Crippen LogP contribution is 2.19. The van der Waals surface area contributed by atoms with Gasteiger partial charge in [0.2, 0.25) is 11.7 Å². The second-order valence-electron chi connectivity index (χ2n) is 16.7. The molecule has 0 fully saturated rings. The molecular formula is C49H77N11O14. The first-order valence-electron chi connectivity index (χ1n) is 24.9. The van der Waals surface area contributed by atoms with Gasteiger partial charge in [-0.05, 0) is 38.4 Å². The van der Waals surface area contributed by atoms with Gasteiger partial charge in [0, 0.05) is 98.9 Å². The first kappa shape index (κ1) is 60.5. The van der Waals surface area contributed by atoms with Crippen LogP contribution in [0, 0.1) is 0 Å². The van der Waals surface area contributed by atoms with Crippen LogP contribution in [0.4, 0.5) is 17.2 Å². The van der Waals surface area contributed by atoms with Crippen molar-refractivity contribution in [3.63, 3.8) is 0 Å². The molecule has 4 rings (SSSR count). The van der Waals surface area contributed by atoms with Gasteiger partial charge in [0.15, 0.2) is 11.6 Å². The van der Waals surface area contributed by atoms with Crippen LogP contribution in [-0.4, -0.2) is 202 Å².